The second-order valence-corrected chi connectivity index (χ2v) is 9.09. The predicted molar refractivity (Wildman–Crippen MR) is 121 cm³/mol. The molecule has 1 amide bonds. The summed E-state index contributed by atoms with van der Waals surface area (Å²) in [7, 11) is -2.09. The number of carbonyl (C=O) groups excluding carboxylic acids is 1. The van der Waals surface area contributed by atoms with Gasteiger partial charge in [0.05, 0.1) is 12.0 Å². The first-order valence-corrected chi connectivity index (χ1v) is 11.7. The van der Waals surface area contributed by atoms with E-state index in [-0.39, 0.29) is 17.4 Å². The molecule has 3 aromatic rings. The van der Waals surface area contributed by atoms with Gasteiger partial charge >= 0.3 is 0 Å². The summed E-state index contributed by atoms with van der Waals surface area (Å²) in [6.07, 6.45) is 0.630. The highest BCUT2D eigenvalue weighted by molar-refractivity contribution is 7.92. The van der Waals surface area contributed by atoms with Crippen molar-refractivity contribution in [3.05, 3.63) is 83.9 Å². The van der Waals surface area contributed by atoms with Gasteiger partial charge in [-0.2, -0.15) is 0 Å². The van der Waals surface area contributed by atoms with Crippen LogP contribution in [0.3, 0.4) is 0 Å². The molecule has 8 heteroatoms. The SMILES string of the molecule is COc1ccccc1CCN1Cc2cc(NS(=O)(=O)c3ccccc3)ccc2OCC1=O. The molecule has 166 valence electrons. The third-order valence-corrected chi connectivity index (χ3v) is 6.67. The van der Waals surface area contributed by atoms with Crippen molar-refractivity contribution in [2.24, 2.45) is 0 Å². The Morgan fingerprint density at radius 3 is 2.56 bits per heavy atom. The van der Waals surface area contributed by atoms with Gasteiger partial charge in [0.25, 0.3) is 15.9 Å². The monoisotopic (exact) mass is 452 g/mol. The van der Waals surface area contributed by atoms with Crippen molar-refractivity contribution in [2.45, 2.75) is 17.9 Å². The number of carbonyl (C=O) groups is 1. The van der Waals surface area contributed by atoms with Crippen molar-refractivity contribution in [3.8, 4) is 11.5 Å². The van der Waals surface area contributed by atoms with E-state index in [1.807, 2.05) is 24.3 Å². The molecule has 1 aliphatic rings. The lowest BCUT2D eigenvalue weighted by Crippen LogP contribution is -2.34. The summed E-state index contributed by atoms with van der Waals surface area (Å²) in [6.45, 7) is 0.750. The fraction of sp³-hybridized carbons (Fsp3) is 0.208. The summed E-state index contributed by atoms with van der Waals surface area (Å²) < 4.78 is 39.0. The number of anilines is 1. The zero-order valence-corrected chi connectivity index (χ0v) is 18.5. The van der Waals surface area contributed by atoms with E-state index < -0.39 is 10.0 Å². The molecule has 0 radical (unpaired) electrons. The topological polar surface area (TPSA) is 84.9 Å². The number of hydrogen-bond acceptors (Lipinski definition) is 5. The van der Waals surface area contributed by atoms with Crippen molar-refractivity contribution < 1.29 is 22.7 Å². The molecular formula is C24H24N2O5S. The molecule has 0 unspecified atom stereocenters. The Morgan fingerprint density at radius 2 is 1.78 bits per heavy atom. The summed E-state index contributed by atoms with van der Waals surface area (Å²) >= 11 is 0. The molecule has 0 atom stereocenters. The van der Waals surface area contributed by atoms with E-state index in [0.717, 1.165) is 16.9 Å². The third kappa shape index (κ3) is 4.86. The van der Waals surface area contributed by atoms with Crippen LogP contribution in [-0.4, -0.2) is 39.5 Å². The minimum absolute atomic E-state index is 0.0615. The standard InChI is InChI=1S/C24H24N2O5S/c1-30-22-10-6-5-7-18(22)13-14-26-16-19-15-20(11-12-23(19)31-17-24(26)27)25-32(28,29)21-8-3-2-4-9-21/h2-12,15,25H,13-14,16-17H2,1H3. The van der Waals surface area contributed by atoms with Gasteiger partial charge in [0.2, 0.25) is 0 Å². The highest BCUT2D eigenvalue weighted by Gasteiger charge is 2.23. The molecule has 0 bridgehead atoms. The number of ether oxygens (including phenoxy) is 2. The van der Waals surface area contributed by atoms with Crippen LogP contribution in [0.4, 0.5) is 5.69 Å². The summed E-state index contributed by atoms with van der Waals surface area (Å²) in [6, 6.07) is 20.9. The molecule has 32 heavy (non-hydrogen) atoms. The van der Waals surface area contributed by atoms with E-state index in [9.17, 15) is 13.2 Å². The number of benzene rings is 3. The number of amides is 1. The Morgan fingerprint density at radius 1 is 1.03 bits per heavy atom. The van der Waals surface area contributed by atoms with Crippen LogP contribution in [0.25, 0.3) is 0 Å². The van der Waals surface area contributed by atoms with Gasteiger partial charge < -0.3 is 14.4 Å². The van der Waals surface area contributed by atoms with E-state index in [1.54, 1.807) is 48.4 Å². The Kier molecular flexibility index (Phi) is 6.32. The van der Waals surface area contributed by atoms with E-state index in [2.05, 4.69) is 4.72 Å². The van der Waals surface area contributed by atoms with Crippen LogP contribution in [0.5, 0.6) is 11.5 Å². The normalized spacial score (nSPS) is 13.7. The highest BCUT2D eigenvalue weighted by atomic mass is 32.2. The van der Waals surface area contributed by atoms with Crippen LogP contribution in [-0.2, 0) is 27.8 Å². The minimum Gasteiger partial charge on any atom is -0.496 e. The molecule has 1 aliphatic heterocycles. The second-order valence-electron chi connectivity index (χ2n) is 7.41. The first-order chi connectivity index (χ1) is 15.5. The maximum Gasteiger partial charge on any atom is 0.261 e. The van der Waals surface area contributed by atoms with Crippen LogP contribution in [0.2, 0.25) is 0 Å². The molecular weight excluding hydrogens is 428 g/mol. The average molecular weight is 453 g/mol. The zero-order valence-electron chi connectivity index (χ0n) is 17.7. The molecule has 7 nitrogen and oxygen atoms in total. The first-order valence-electron chi connectivity index (χ1n) is 10.2. The van der Waals surface area contributed by atoms with E-state index in [1.165, 1.54) is 12.1 Å². The second kappa shape index (κ2) is 9.32. The Hall–Kier alpha value is -3.52. The van der Waals surface area contributed by atoms with Crippen LogP contribution < -0.4 is 14.2 Å². The van der Waals surface area contributed by atoms with Crippen LogP contribution in [0.1, 0.15) is 11.1 Å². The van der Waals surface area contributed by atoms with E-state index in [0.29, 0.717) is 30.9 Å². The van der Waals surface area contributed by atoms with Gasteiger partial charge in [0.1, 0.15) is 11.5 Å². The number of hydrogen-bond donors (Lipinski definition) is 1. The first kappa shape index (κ1) is 21.7. The average Bonchev–Trinajstić information content (AvgIpc) is 2.96. The van der Waals surface area contributed by atoms with Gasteiger partial charge in [-0.05, 0) is 48.4 Å². The lowest BCUT2D eigenvalue weighted by atomic mass is 10.1. The highest BCUT2D eigenvalue weighted by Crippen LogP contribution is 2.28. The van der Waals surface area contributed by atoms with Crippen LogP contribution in [0, 0.1) is 0 Å². The predicted octanol–water partition coefficient (Wildman–Crippen LogP) is 3.46. The van der Waals surface area contributed by atoms with Gasteiger partial charge in [-0.1, -0.05) is 36.4 Å². The van der Waals surface area contributed by atoms with Crippen molar-refractivity contribution >= 4 is 21.6 Å². The smallest absolute Gasteiger partial charge is 0.261 e. The van der Waals surface area contributed by atoms with Gasteiger partial charge in [0, 0.05) is 24.3 Å². The Bertz CT molecular complexity index is 1210. The molecule has 0 aromatic heterocycles. The molecule has 4 rings (SSSR count). The molecule has 1 heterocycles. The molecule has 0 saturated heterocycles. The molecule has 3 aromatic carbocycles. The number of nitrogens with one attached hydrogen (secondary N) is 1. The minimum atomic E-state index is -3.71. The molecule has 1 N–H and O–H groups in total. The Balaban J connectivity index is 1.52. The largest absolute Gasteiger partial charge is 0.496 e. The van der Waals surface area contributed by atoms with Gasteiger partial charge in [-0.25, -0.2) is 8.42 Å². The number of para-hydroxylation sites is 1. The number of fused-ring (bicyclic) bond motifs is 1. The third-order valence-electron chi connectivity index (χ3n) is 5.27. The summed E-state index contributed by atoms with van der Waals surface area (Å²) in [5, 5.41) is 0. The number of nitrogens with zero attached hydrogens (tertiary/aromatic N) is 1. The van der Waals surface area contributed by atoms with Crippen LogP contribution >= 0.6 is 0 Å². The van der Waals surface area contributed by atoms with Gasteiger partial charge in [-0.3, -0.25) is 9.52 Å². The molecule has 0 spiro atoms. The zero-order chi connectivity index (χ0) is 22.6. The van der Waals surface area contributed by atoms with Crippen molar-refractivity contribution in [1.82, 2.24) is 4.90 Å². The number of methoxy groups -OCH3 is 1. The van der Waals surface area contributed by atoms with Crippen LogP contribution in [0.15, 0.2) is 77.7 Å². The molecule has 0 aliphatic carbocycles. The lowest BCUT2D eigenvalue weighted by Gasteiger charge is -2.21. The fourth-order valence-corrected chi connectivity index (χ4v) is 4.68. The molecule has 0 fully saturated rings. The van der Waals surface area contributed by atoms with Gasteiger partial charge in [0.15, 0.2) is 6.61 Å². The summed E-state index contributed by atoms with van der Waals surface area (Å²) in [4.78, 5) is 14.5. The summed E-state index contributed by atoms with van der Waals surface area (Å²) in [5.41, 5.74) is 2.16. The quantitative estimate of drug-likeness (QED) is 0.594. The number of sulfonamides is 1. The van der Waals surface area contributed by atoms with E-state index >= 15 is 0 Å². The van der Waals surface area contributed by atoms with Crippen molar-refractivity contribution in [1.29, 1.82) is 0 Å². The van der Waals surface area contributed by atoms with Gasteiger partial charge in [-0.15, -0.1) is 0 Å². The summed E-state index contributed by atoms with van der Waals surface area (Å²) in [5.74, 6) is 1.23. The van der Waals surface area contributed by atoms with Crippen molar-refractivity contribution in [2.75, 3.05) is 25.0 Å². The number of rotatable bonds is 7. The van der Waals surface area contributed by atoms with Crippen molar-refractivity contribution in [3.63, 3.8) is 0 Å². The lowest BCUT2D eigenvalue weighted by molar-refractivity contribution is -0.133. The maximum atomic E-state index is 12.7. The van der Waals surface area contributed by atoms with E-state index in [4.69, 9.17) is 9.47 Å². The maximum absolute atomic E-state index is 12.7. The Labute approximate surface area is 187 Å². The fourth-order valence-electron chi connectivity index (χ4n) is 3.61. The molecule has 0 saturated carbocycles.